The van der Waals surface area contributed by atoms with E-state index in [1.165, 1.54) is 24.1 Å². The molecule has 0 bridgehead atoms. The highest BCUT2D eigenvalue weighted by molar-refractivity contribution is 5.85. The third-order valence-corrected chi connectivity index (χ3v) is 3.32. The molecule has 128 valence electrons. The van der Waals surface area contributed by atoms with E-state index < -0.39 is 18.0 Å². The lowest BCUT2D eigenvalue weighted by Gasteiger charge is -2.36. The molecule has 0 amide bonds. The second-order valence-corrected chi connectivity index (χ2v) is 4.59. The summed E-state index contributed by atoms with van der Waals surface area (Å²) in [7, 11) is 1.17. The Morgan fingerprint density at radius 2 is 1.77 bits per heavy atom. The number of rotatable bonds is 3. The summed E-state index contributed by atoms with van der Waals surface area (Å²) in [6.45, 7) is 1.46. The van der Waals surface area contributed by atoms with Gasteiger partial charge in [-0.05, 0) is 6.07 Å². The maximum absolute atomic E-state index is 13.6. The van der Waals surface area contributed by atoms with Crippen molar-refractivity contribution < 1.29 is 22.3 Å². The SMILES string of the molecule is COc1c(F)cccc1[C@@H](N1CCNCC1)C(F)(F)F.Cl.Cl. The van der Waals surface area contributed by atoms with Crippen molar-refractivity contribution in [1.29, 1.82) is 0 Å². The van der Waals surface area contributed by atoms with E-state index >= 15 is 0 Å². The van der Waals surface area contributed by atoms with E-state index in [2.05, 4.69) is 5.32 Å². The molecular weight excluding hydrogens is 347 g/mol. The molecule has 3 nitrogen and oxygen atoms in total. The first kappa shape index (κ1) is 21.2. The van der Waals surface area contributed by atoms with Gasteiger partial charge in [0.2, 0.25) is 0 Å². The van der Waals surface area contributed by atoms with Gasteiger partial charge in [0.05, 0.1) is 7.11 Å². The number of alkyl halides is 3. The van der Waals surface area contributed by atoms with Crippen molar-refractivity contribution in [2.24, 2.45) is 0 Å². The summed E-state index contributed by atoms with van der Waals surface area (Å²) < 4.78 is 58.7. The lowest BCUT2D eigenvalue weighted by atomic mass is 10.0. The lowest BCUT2D eigenvalue weighted by molar-refractivity contribution is -0.188. The first-order valence-electron chi connectivity index (χ1n) is 6.29. The Morgan fingerprint density at radius 3 is 2.27 bits per heavy atom. The molecule has 0 aromatic heterocycles. The molecule has 1 aromatic rings. The molecule has 1 aliphatic rings. The fourth-order valence-electron chi connectivity index (χ4n) is 2.48. The van der Waals surface area contributed by atoms with Crippen LogP contribution in [-0.4, -0.2) is 44.4 Å². The fourth-order valence-corrected chi connectivity index (χ4v) is 2.48. The lowest BCUT2D eigenvalue weighted by Crippen LogP contribution is -2.49. The monoisotopic (exact) mass is 364 g/mol. The number of benzene rings is 1. The normalized spacial score (nSPS) is 17.1. The Morgan fingerprint density at radius 1 is 1.18 bits per heavy atom. The molecule has 0 spiro atoms. The Bertz CT molecular complexity index is 468. The molecule has 1 N–H and O–H groups in total. The van der Waals surface area contributed by atoms with Gasteiger partial charge in [0.25, 0.3) is 0 Å². The third-order valence-electron chi connectivity index (χ3n) is 3.32. The van der Waals surface area contributed by atoms with Crippen molar-refractivity contribution in [3.8, 4) is 5.75 Å². The van der Waals surface area contributed by atoms with Crippen LogP contribution in [0.4, 0.5) is 17.6 Å². The number of piperazine rings is 1. The van der Waals surface area contributed by atoms with Crippen LogP contribution in [0.5, 0.6) is 5.75 Å². The topological polar surface area (TPSA) is 24.5 Å². The van der Waals surface area contributed by atoms with E-state index in [4.69, 9.17) is 4.74 Å². The van der Waals surface area contributed by atoms with Gasteiger partial charge in [0.15, 0.2) is 11.6 Å². The Balaban J connectivity index is 0.00000220. The van der Waals surface area contributed by atoms with Crippen LogP contribution in [0, 0.1) is 5.82 Å². The molecule has 1 heterocycles. The molecule has 1 atom stereocenters. The average Bonchev–Trinajstić information content (AvgIpc) is 2.39. The van der Waals surface area contributed by atoms with Gasteiger partial charge in [-0.2, -0.15) is 13.2 Å². The third kappa shape index (κ3) is 4.62. The van der Waals surface area contributed by atoms with Crippen LogP contribution in [0.15, 0.2) is 18.2 Å². The number of nitrogens with one attached hydrogen (secondary N) is 1. The van der Waals surface area contributed by atoms with Gasteiger partial charge < -0.3 is 10.1 Å². The highest BCUT2D eigenvalue weighted by Gasteiger charge is 2.46. The quantitative estimate of drug-likeness (QED) is 0.833. The Hall–Kier alpha value is -0.760. The van der Waals surface area contributed by atoms with Crippen molar-refractivity contribution in [3.63, 3.8) is 0 Å². The van der Waals surface area contributed by atoms with Crippen molar-refractivity contribution in [2.45, 2.75) is 12.2 Å². The summed E-state index contributed by atoms with van der Waals surface area (Å²) in [6, 6.07) is 1.78. The number of halogens is 6. The van der Waals surface area contributed by atoms with Crippen LogP contribution < -0.4 is 10.1 Å². The summed E-state index contributed by atoms with van der Waals surface area (Å²) in [4.78, 5) is 1.30. The van der Waals surface area contributed by atoms with Crippen LogP contribution in [0.3, 0.4) is 0 Å². The van der Waals surface area contributed by atoms with Crippen molar-refractivity contribution in [1.82, 2.24) is 10.2 Å². The van der Waals surface area contributed by atoms with Gasteiger partial charge >= 0.3 is 6.18 Å². The van der Waals surface area contributed by atoms with Crippen LogP contribution >= 0.6 is 24.8 Å². The maximum Gasteiger partial charge on any atom is 0.408 e. The summed E-state index contributed by atoms with van der Waals surface area (Å²) in [5.74, 6) is -1.12. The predicted molar refractivity (Wildman–Crippen MR) is 80.7 cm³/mol. The molecule has 0 unspecified atom stereocenters. The number of ether oxygens (including phenoxy) is 1. The Kier molecular flexibility index (Phi) is 8.46. The van der Waals surface area contributed by atoms with E-state index in [0.717, 1.165) is 6.07 Å². The second-order valence-electron chi connectivity index (χ2n) is 4.59. The first-order valence-corrected chi connectivity index (χ1v) is 6.29. The van der Waals surface area contributed by atoms with Gasteiger partial charge in [-0.1, -0.05) is 12.1 Å². The van der Waals surface area contributed by atoms with Crippen LogP contribution in [0.2, 0.25) is 0 Å². The molecule has 22 heavy (non-hydrogen) atoms. The highest BCUT2D eigenvalue weighted by Crippen LogP contribution is 2.42. The number of para-hydroxylation sites is 1. The van der Waals surface area contributed by atoms with E-state index in [0.29, 0.717) is 13.1 Å². The van der Waals surface area contributed by atoms with E-state index in [9.17, 15) is 17.6 Å². The van der Waals surface area contributed by atoms with Gasteiger partial charge in [0.1, 0.15) is 6.04 Å². The maximum atomic E-state index is 13.6. The zero-order valence-corrected chi connectivity index (χ0v) is 13.5. The minimum Gasteiger partial charge on any atom is -0.493 e. The van der Waals surface area contributed by atoms with Crippen molar-refractivity contribution >= 4 is 24.8 Å². The highest BCUT2D eigenvalue weighted by atomic mass is 35.5. The van der Waals surface area contributed by atoms with E-state index in [1.807, 2.05) is 0 Å². The minimum atomic E-state index is -4.49. The van der Waals surface area contributed by atoms with Gasteiger partial charge in [-0.25, -0.2) is 4.39 Å². The Labute approximate surface area is 138 Å². The van der Waals surface area contributed by atoms with Crippen molar-refractivity contribution in [3.05, 3.63) is 29.6 Å². The van der Waals surface area contributed by atoms with Gasteiger partial charge in [-0.15, -0.1) is 24.8 Å². The summed E-state index contributed by atoms with van der Waals surface area (Å²) >= 11 is 0. The van der Waals surface area contributed by atoms with Gasteiger partial charge in [-0.3, -0.25) is 4.90 Å². The molecule has 0 radical (unpaired) electrons. The van der Waals surface area contributed by atoms with Crippen LogP contribution in [-0.2, 0) is 0 Å². The molecule has 9 heteroatoms. The zero-order valence-electron chi connectivity index (χ0n) is 11.8. The first-order chi connectivity index (χ1) is 9.45. The standard InChI is InChI=1S/C13H16F4N2O.2ClH/c1-20-11-9(3-2-4-10(11)14)12(13(15,16)17)19-7-5-18-6-8-19;;/h2-4,12,18H,5-8H2,1H3;2*1H/t12-;;/m1../s1. The molecule has 1 saturated heterocycles. The van der Waals surface area contributed by atoms with Crippen LogP contribution in [0.1, 0.15) is 11.6 Å². The zero-order chi connectivity index (χ0) is 14.8. The van der Waals surface area contributed by atoms with Crippen molar-refractivity contribution in [2.75, 3.05) is 33.3 Å². The molecule has 1 aromatic carbocycles. The molecule has 1 aliphatic heterocycles. The molecule has 2 rings (SSSR count). The molecule has 0 saturated carbocycles. The average molecular weight is 365 g/mol. The van der Waals surface area contributed by atoms with Gasteiger partial charge in [0, 0.05) is 31.7 Å². The number of hydrogen-bond donors (Lipinski definition) is 1. The number of hydrogen-bond acceptors (Lipinski definition) is 3. The van der Waals surface area contributed by atoms with E-state index in [-0.39, 0.29) is 49.2 Å². The van der Waals surface area contributed by atoms with Crippen LogP contribution in [0.25, 0.3) is 0 Å². The molecule has 1 fully saturated rings. The summed E-state index contributed by atoms with van der Waals surface area (Å²) in [5, 5.41) is 3.00. The van der Waals surface area contributed by atoms with E-state index in [1.54, 1.807) is 0 Å². The second kappa shape index (κ2) is 8.76. The fraction of sp³-hybridized carbons (Fsp3) is 0.538. The predicted octanol–water partition coefficient (Wildman–Crippen LogP) is 3.19. The largest absolute Gasteiger partial charge is 0.493 e. The minimum absolute atomic E-state index is 0. The summed E-state index contributed by atoms with van der Waals surface area (Å²) in [5.41, 5.74) is -0.179. The number of nitrogens with zero attached hydrogens (tertiary/aromatic N) is 1. The number of methoxy groups -OCH3 is 1. The molecular formula is C13H18Cl2F4N2O. The smallest absolute Gasteiger partial charge is 0.408 e. The molecule has 0 aliphatic carbocycles. The summed E-state index contributed by atoms with van der Waals surface area (Å²) in [6.07, 6.45) is -4.49.